The summed E-state index contributed by atoms with van der Waals surface area (Å²) in [5.41, 5.74) is 0.722. The van der Waals surface area contributed by atoms with Gasteiger partial charge in [-0.3, -0.25) is 4.72 Å². The zero-order valence-electron chi connectivity index (χ0n) is 10.9. The van der Waals surface area contributed by atoms with Crippen LogP contribution in [0.4, 0.5) is 5.69 Å². The van der Waals surface area contributed by atoms with Crippen LogP contribution >= 0.6 is 11.3 Å². The van der Waals surface area contributed by atoms with E-state index in [-0.39, 0.29) is 9.77 Å². The van der Waals surface area contributed by atoms with E-state index < -0.39 is 16.0 Å². The number of nitrogens with one attached hydrogen (secondary N) is 1. The Kier molecular flexibility index (Phi) is 4.26. The zero-order valence-corrected chi connectivity index (χ0v) is 12.5. The predicted octanol–water partition coefficient (Wildman–Crippen LogP) is 2.21. The minimum Gasteiger partial charge on any atom is -0.465 e. The second-order valence-corrected chi connectivity index (χ2v) is 6.47. The number of anilines is 1. The fourth-order valence-electron chi connectivity index (χ4n) is 1.57. The molecule has 2 aromatic rings. The van der Waals surface area contributed by atoms with E-state index >= 15 is 0 Å². The van der Waals surface area contributed by atoms with Crippen LogP contribution in [0.2, 0.25) is 0 Å². The zero-order chi connectivity index (χ0) is 15.5. The van der Waals surface area contributed by atoms with Crippen molar-refractivity contribution in [2.75, 3.05) is 11.8 Å². The summed E-state index contributed by atoms with van der Waals surface area (Å²) in [6, 6.07) is 9.21. The lowest BCUT2D eigenvalue weighted by molar-refractivity contribution is 0.0602. The minimum absolute atomic E-state index is 0.0126. The fraction of sp³-hybridized carbons (Fsp3) is 0.0769. The van der Waals surface area contributed by atoms with Gasteiger partial charge in [0.25, 0.3) is 10.0 Å². The molecule has 6 nitrogen and oxygen atoms in total. The van der Waals surface area contributed by atoms with E-state index in [0.717, 1.165) is 11.3 Å². The number of hydrogen-bond acceptors (Lipinski definition) is 6. The number of thiophene rings is 1. The first-order chi connectivity index (χ1) is 9.97. The number of nitriles is 1. The van der Waals surface area contributed by atoms with Gasteiger partial charge in [-0.05, 0) is 35.7 Å². The molecule has 21 heavy (non-hydrogen) atoms. The van der Waals surface area contributed by atoms with Gasteiger partial charge < -0.3 is 4.74 Å². The molecule has 1 heterocycles. The molecule has 0 amide bonds. The van der Waals surface area contributed by atoms with Gasteiger partial charge in [0.2, 0.25) is 0 Å². The number of hydrogen-bond donors (Lipinski definition) is 1. The molecule has 0 unspecified atom stereocenters. The highest BCUT2D eigenvalue weighted by atomic mass is 32.2. The molecular formula is C13H10N2O4S2. The maximum Gasteiger partial charge on any atom is 0.349 e. The molecule has 8 heteroatoms. The highest BCUT2D eigenvalue weighted by Crippen LogP contribution is 2.25. The fourth-order valence-corrected chi connectivity index (χ4v) is 3.97. The lowest BCUT2D eigenvalue weighted by atomic mass is 10.2. The third-order valence-corrected chi connectivity index (χ3v) is 5.00. The van der Waals surface area contributed by atoms with Gasteiger partial charge in [-0.2, -0.15) is 5.26 Å². The first-order valence-corrected chi connectivity index (χ1v) is 8.03. The molecule has 108 valence electrons. The summed E-state index contributed by atoms with van der Waals surface area (Å²) in [6.45, 7) is 0. The van der Waals surface area contributed by atoms with Gasteiger partial charge in [0.1, 0.15) is 9.77 Å². The molecule has 1 aromatic heterocycles. The number of rotatable bonds is 4. The monoisotopic (exact) mass is 322 g/mol. The van der Waals surface area contributed by atoms with Gasteiger partial charge in [-0.15, -0.1) is 11.3 Å². The van der Waals surface area contributed by atoms with E-state index in [1.165, 1.54) is 42.8 Å². The normalized spacial score (nSPS) is 10.7. The molecule has 0 aliphatic heterocycles. The Labute approximate surface area is 125 Å². The largest absolute Gasteiger partial charge is 0.465 e. The van der Waals surface area contributed by atoms with E-state index in [9.17, 15) is 13.2 Å². The number of ether oxygens (including phenoxy) is 1. The third-order valence-electron chi connectivity index (χ3n) is 2.56. The number of nitrogens with zero attached hydrogens (tertiary/aromatic N) is 1. The topological polar surface area (TPSA) is 96.3 Å². The van der Waals surface area contributed by atoms with E-state index in [1.54, 1.807) is 0 Å². The maximum atomic E-state index is 12.3. The van der Waals surface area contributed by atoms with Crippen molar-refractivity contribution in [2.45, 2.75) is 4.90 Å². The maximum absolute atomic E-state index is 12.3. The number of sulfonamides is 1. The standard InChI is InChI=1S/C13H10N2O4S2/c1-19-13(16)12-11(6-7-20-12)21(17,18)15-10-4-2-9(8-14)3-5-10/h2-7,15H,1H3. The molecule has 1 N–H and O–H groups in total. The van der Waals surface area contributed by atoms with Crippen molar-refractivity contribution < 1.29 is 17.9 Å². The molecule has 0 saturated heterocycles. The molecule has 0 bridgehead atoms. The van der Waals surface area contributed by atoms with Crippen molar-refractivity contribution in [1.82, 2.24) is 0 Å². The summed E-state index contributed by atoms with van der Waals surface area (Å²) < 4.78 is 31.5. The molecular weight excluding hydrogens is 312 g/mol. The van der Waals surface area contributed by atoms with Gasteiger partial charge in [-0.25, -0.2) is 13.2 Å². The second-order valence-electron chi connectivity index (χ2n) is 3.90. The molecule has 0 saturated carbocycles. The number of esters is 1. The average Bonchev–Trinajstić information content (AvgIpc) is 2.97. The molecule has 0 aliphatic rings. The Balaban J connectivity index is 2.32. The SMILES string of the molecule is COC(=O)c1sccc1S(=O)(=O)Nc1ccc(C#N)cc1. The van der Waals surface area contributed by atoms with E-state index in [1.807, 2.05) is 6.07 Å². The summed E-state index contributed by atoms with van der Waals surface area (Å²) in [5.74, 6) is -0.704. The number of methoxy groups -OCH3 is 1. The average molecular weight is 322 g/mol. The highest BCUT2D eigenvalue weighted by Gasteiger charge is 2.24. The van der Waals surface area contributed by atoms with Crippen LogP contribution < -0.4 is 4.72 Å². The summed E-state index contributed by atoms with van der Waals surface area (Å²) in [7, 11) is -2.71. The van der Waals surface area contributed by atoms with Gasteiger partial charge in [-0.1, -0.05) is 0 Å². The molecule has 1 aromatic carbocycles. The van der Waals surface area contributed by atoms with Crippen LogP contribution in [0.5, 0.6) is 0 Å². The van der Waals surface area contributed by atoms with E-state index in [4.69, 9.17) is 5.26 Å². The molecule has 0 radical (unpaired) electrons. The Morgan fingerprint density at radius 2 is 1.95 bits per heavy atom. The van der Waals surface area contributed by atoms with Crippen molar-refractivity contribution >= 4 is 33.0 Å². The van der Waals surface area contributed by atoms with Gasteiger partial charge >= 0.3 is 5.97 Å². The molecule has 0 spiro atoms. The summed E-state index contributed by atoms with van der Waals surface area (Å²) in [6.07, 6.45) is 0. The van der Waals surface area contributed by atoms with Crippen LogP contribution in [0.3, 0.4) is 0 Å². The quantitative estimate of drug-likeness (QED) is 0.871. The van der Waals surface area contributed by atoms with Crippen molar-refractivity contribution in [3.05, 3.63) is 46.2 Å². The summed E-state index contributed by atoms with van der Waals surface area (Å²) >= 11 is 0.989. The molecule has 2 rings (SSSR count). The van der Waals surface area contributed by atoms with Gasteiger partial charge in [0.15, 0.2) is 0 Å². The molecule has 0 fully saturated rings. The van der Waals surface area contributed by atoms with E-state index in [2.05, 4.69) is 9.46 Å². The van der Waals surface area contributed by atoms with E-state index in [0.29, 0.717) is 11.3 Å². The predicted molar refractivity (Wildman–Crippen MR) is 77.6 cm³/mol. The first-order valence-electron chi connectivity index (χ1n) is 5.66. The number of carbonyl (C=O) groups is 1. The van der Waals surface area contributed by atoms with Gasteiger partial charge in [0.05, 0.1) is 18.7 Å². The van der Waals surface area contributed by atoms with Gasteiger partial charge in [0, 0.05) is 5.69 Å². The Hall–Kier alpha value is -2.37. The van der Waals surface area contributed by atoms with Crippen LogP contribution in [-0.2, 0) is 14.8 Å². The lowest BCUT2D eigenvalue weighted by Crippen LogP contribution is -2.15. The van der Waals surface area contributed by atoms with Crippen molar-refractivity contribution in [2.24, 2.45) is 0 Å². The highest BCUT2D eigenvalue weighted by molar-refractivity contribution is 7.93. The van der Waals surface area contributed by atoms with Crippen molar-refractivity contribution in [3.8, 4) is 6.07 Å². The van der Waals surface area contributed by atoms with Crippen molar-refractivity contribution in [3.63, 3.8) is 0 Å². The number of benzene rings is 1. The van der Waals surface area contributed by atoms with Crippen LogP contribution in [0.15, 0.2) is 40.6 Å². The lowest BCUT2D eigenvalue weighted by Gasteiger charge is -2.08. The summed E-state index contributed by atoms with van der Waals surface area (Å²) in [5, 5.41) is 10.2. The smallest absolute Gasteiger partial charge is 0.349 e. The Morgan fingerprint density at radius 3 is 2.52 bits per heavy atom. The van der Waals surface area contributed by atoms with Crippen molar-refractivity contribution in [1.29, 1.82) is 5.26 Å². The number of carbonyl (C=O) groups excluding carboxylic acids is 1. The van der Waals surface area contributed by atoms with Crippen LogP contribution in [0.25, 0.3) is 0 Å². The minimum atomic E-state index is -3.90. The van der Waals surface area contributed by atoms with Crippen LogP contribution in [-0.4, -0.2) is 21.5 Å². The van der Waals surface area contributed by atoms with Crippen LogP contribution in [0.1, 0.15) is 15.2 Å². The first kappa shape index (κ1) is 15.0. The van der Waals surface area contributed by atoms with Crippen LogP contribution in [0, 0.1) is 11.3 Å². The Bertz CT molecular complexity index is 801. The molecule has 0 aliphatic carbocycles. The third kappa shape index (κ3) is 3.21. The summed E-state index contributed by atoms with van der Waals surface area (Å²) in [4.78, 5) is 11.4. The molecule has 0 atom stereocenters. The second kappa shape index (κ2) is 5.95. The Morgan fingerprint density at radius 1 is 1.29 bits per heavy atom.